The summed E-state index contributed by atoms with van der Waals surface area (Å²) in [5, 5.41) is 38.8. The number of hydrogen-bond donors (Lipinski definition) is 4. The Bertz CT molecular complexity index is 252. The van der Waals surface area contributed by atoms with Gasteiger partial charge in [0.15, 0.2) is 0 Å². The number of nitrogens with zero attached hydrogens (tertiary/aromatic N) is 1. The van der Waals surface area contributed by atoms with E-state index in [-0.39, 0.29) is 6.61 Å². The summed E-state index contributed by atoms with van der Waals surface area (Å²) in [4.78, 5) is 1.92. The van der Waals surface area contributed by atoms with Gasteiger partial charge in [-0.1, -0.05) is 33.1 Å². The van der Waals surface area contributed by atoms with Crippen LogP contribution in [0.5, 0.6) is 0 Å². The van der Waals surface area contributed by atoms with Crippen LogP contribution in [-0.4, -0.2) is 69.4 Å². The molecular formula is C14H29NO4. The van der Waals surface area contributed by atoms with Crippen molar-refractivity contribution in [2.45, 2.75) is 63.9 Å². The third-order valence-corrected chi connectivity index (χ3v) is 4.25. The van der Waals surface area contributed by atoms with Crippen LogP contribution in [0.2, 0.25) is 0 Å². The van der Waals surface area contributed by atoms with Gasteiger partial charge in [0.1, 0.15) is 12.2 Å². The molecule has 0 aliphatic carbocycles. The standard InChI is InChI=1S/C14H29NO4/c1-3-5-6-10(4-2)7-15-8-12(17)14(19)13(18)11(15)9-16/h10-14,16-19H,3-9H2,1-2H3/t10?,11-,12+,13-,14-/m1/s1. The Labute approximate surface area is 115 Å². The van der Waals surface area contributed by atoms with Crippen LogP contribution < -0.4 is 0 Å². The summed E-state index contributed by atoms with van der Waals surface area (Å²) < 4.78 is 0. The van der Waals surface area contributed by atoms with Crippen LogP contribution >= 0.6 is 0 Å². The smallest absolute Gasteiger partial charge is 0.109 e. The van der Waals surface area contributed by atoms with Gasteiger partial charge in [0, 0.05) is 13.1 Å². The monoisotopic (exact) mass is 275 g/mol. The minimum absolute atomic E-state index is 0.199. The first-order valence-electron chi connectivity index (χ1n) is 7.44. The largest absolute Gasteiger partial charge is 0.395 e. The maximum absolute atomic E-state index is 9.93. The minimum Gasteiger partial charge on any atom is -0.395 e. The Balaban J connectivity index is 2.62. The first kappa shape index (κ1) is 16.9. The van der Waals surface area contributed by atoms with Gasteiger partial charge >= 0.3 is 0 Å². The number of rotatable bonds is 7. The molecule has 0 bridgehead atoms. The molecule has 114 valence electrons. The summed E-state index contributed by atoms with van der Waals surface area (Å²) in [5.41, 5.74) is 0. The highest BCUT2D eigenvalue weighted by atomic mass is 16.4. The predicted octanol–water partition coefficient (Wildman–Crippen LogP) is -0.0380. The van der Waals surface area contributed by atoms with Gasteiger partial charge in [0.2, 0.25) is 0 Å². The maximum atomic E-state index is 9.93. The molecule has 4 N–H and O–H groups in total. The molecule has 0 amide bonds. The quantitative estimate of drug-likeness (QED) is 0.524. The first-order valence-corrected chi connectivity index (χ1v) is 7.44. The number of aliphatic hydroxyl groups excluding tert-OH is 4. The molecule has 19 heavy (non-hydrogen) atoms. The molecule has 5 atom stereocenters. The van der Waals surface area contributed by atoms with Crippen LogP contribution in [0.25, 0.3) is 0 Å². The van der Waals surface area contributed by atoms with E-state index in [1.807, 2.05) is 4.90 Å². The number of piperidine rings is 1. The summed E-state index contributed by atoms with van der Waals surface area (Å²) in [5.74, 6) is 0.503. The van der Waals surface area contributed by atoms with E-state index in [4.69, 9.17) is 0 Å². The molecule has 0 aromatic carbocycles. The molecule has 1 fully saturated rings. The Kier molecular flexibility index (Phi) is 7.25. The topological polar surface area (TPSA) is 84.2 Å². The lowest BCUT2D eigenvalue weighted by atomic mass is 9.91. The van der Waals surface area contributed by atoms with Crippen molar-refractivity contribution in [1.82, 2.24) is 4.90 Å². The van der Waals surface area contributed by atoms with Crippen LogP contribution in [0.3, 0.4) is 0 Å². The third-order valence-electron chi connectivity index (χ3n) is 4.25. The molecule has 0 saturated carbocycles. The number of unbranched alkanes of at least 4 members (excludes halogenated alkanes) is 1. The van der Waals surface area contributed by atoms with Crippen LogP contribution in [-0.2, 0) is 0 Å². The van der Waals surface area contributed by atoms with Crippen molar-refractivity contribution in [2.75, 3.05) is 19.7 Å². The normalized spacial score (nSPS) is 34.4. The van der Waals surface area contributed by atoms with Crippen LogP contribution in [0.15, 0.2) is 0 Å². The summed E-state index contributed by atoms with van der Waals surface area (Å²) in [6.45, 7) is 5.16. The fourth-order valence-corrected chi connectivity index (χ4v) is 2.84. The van der Waals surface area contributed by atoms with Gasteiger partial charge in [-0.05, 0) is 12.3 Å². The van der Waals surface area contributed by atoms with E-state index >= 15 is 0 Å². The van der Waals surface area contributed by atoms with E-state index in [2.05, 4.69) is 13.8 Å². The van der Waals surface area contributed by atoms with Crippen molar-refractivity contribution in [1.29, 1.82) is 0 Å². The van der Waals surface area contributed by atoms with Crippen LogP contribution in [0.1, 0.15) is 39.5 Å². The predicted molar refractivity (Wildman–Crippen MR) is 73.8 cm³/mol. The molecule has 1 aliphatic heterocycles. The lowest BCUT2D eigenvalue weighted by Crippen LogP contribution is -2.63. The molecule has 0 spiro atoms. The van der Waals surface area contributed by atoms with Crippen molar-refractivity contribution in [2.24, 2.45) is 5.92 Å². The van der Waals surface area contributed by atoms with Crippen molar-refractivity contribution in [3.8, 4) is 0 Å². The number of likely N-dealkylation sites (tertiary alicyclic amines) is 1. The van der Waals surface area contributed by atoms with Gasteiger partial charge in [-0.25, -0.2) is 0 Å². The van der Waals surface area contributed by atoms with Crippen LogP contribution in [0.4, 0.5) is 0 Å². The Morgan fingerprint density at radius 3 is 2.37 bits per heavy atom. The summed E-state index contributed by atoms with van der Waals surface area (Å²) in [6.07, 6.45) is 1.30. The second kappa shape index (κ2) is 8.17. The molecule has 1 unspecified atom stereocenters. The van der Waals surface area contributed by atoms with Crippen molar-refractivity contribution < 1.29 is 20.4 Å². The first-order chi connectivity index (χ1) is 9.04. The number of β-amino-alcohol motifs (C(OH)–C–C–N with tert-alkyl or cyclic N) is 1. The van der Waals surface area contributed by atoms with Crippen molar-refractivity contribution in [3.63, 3.8) is 0 Å². The van der Waals surface area contributed by atoms with E-state index in [0.29, 0.717) is 12.5 Å². The molecule has 5 nitrogen and oxygen atoms in total. The molecule has 1 aliphatic rings. The van der Waals surface area contributed by atoms with Crippen molar-refractivity contribution >= 4 is 0 Å². The van der Waals surface area contributed by atoms with Gasteiger partial charge in [-0.2, -0.15) is 0 Å². The molecule has 1 rings (SSSR count). The average Bonchev–Trinajstić information content (AvgIpc) is 2.41. The second-order valence-electron chi connectivity index (χ2n) is 5.67. The van der Waals surface area contributed by atoms with E-state index in [1.165, 1.54) is 6.42 Å². The molecule has 5 heteroatoms. The second-order valence-corrected chi connectivity index (χ2v) is 5.67. The number of aliphatic hydroxyl groups is 4. The zero-order chi connectivity index (χ0) is 14.4. The third kappa shape index (κ3) is 4.39. The molecule has 0 aromatic rings. The highest BCUT2D eigenvalue weighted by Gasteiger charge is 2.41. The Hall–Kier alpha value is -0.200. The van der Waals surface area contributed by atoms with E-state index < -0.39 is 24.4 Å². The highest BCUT2D eigenvalue weighted by molar-refractivity contribution is 4.94. The Morgan fingerprint density at radius 2 is 1.84 bits per heavy atom. The van der Waals surface area contributed by atoms with E-state index in [9.17, 15) is 20.4 Å². The van der Waals surface area contributed by atoms with E-state index in [1.54, 1.807) is 0 Å². The lowest BCUT2D eigenvalue weighted by molar-refractivity contribution is -0.147. The molecule has 1 heterocycles. The summed E-state index contributed by atoms with van der Waals surface area (Å²) >= 11 is 0. The van der Waals surface area contributed by atoms with Gasteiger partial charge in [-0.15, -0.1) is 0 Å². The SMILES string of the molecule is CCCCC(CC)CN1C[C@H](O)[C@@H](O)[C@H](O)[C@H]1CO. The maximum Gasteiger partial charge on any atom is 0.109 e. The van der Waals surface area contributed by atoms with Gasteiger partial charge in [-0.3, -0.25) is 4.90 Å². The summed E-state index contributed by atoms with van der Waals surface area (Å²) in [7, 11) is 0. The molecule has 0 radical (unpaired) electrons. The van der Waals surface area contributed by atoms with Gasteiger partial charge in [0.25, 0.3) is 0 Å². The summed E-state index contributed by atoms with van der Waals surface area (Å²) in [6, 6.07) is -0.478. The number of hydrogen-bond acceptors (Lipinski definition) is 5. The zero-order valence-corrected chi connectivity index (χ0v) is 12.1. The Morgan fingerprint density at radius 1 is 1.16 bits per heavy atom. The average molecular weight is 275 g/mol. The fraction of sp³-hybridized carbons (Fsp3) is 1.00. The zero-order valence-electron chi connectivity index (χ0n) is 12.1. The van der Waals surface area contributed by atoms with E-state index in [0.717, 1.165) is 25.8 Å². The fourth-order valence-electron chi connectivity index (χ4n) is 2.84. The van der Waals surface area contributed by atoms with Crippen molar-refractivity contribution in [3.05, 3.63) is 0 Å². The lowest BCUT2D eigenvalue weighted by Gasteiger charge is -2.44. The van der Waals surface area contributed by atoms with Crippen LogP contribution in [0, 0.1) is 5.92 Å². The van der Waals surface area contributed by atoms with Gasteiger partial charge < -0.3 is 20.4 Å². The molecular weight excluding hydrogens is 246 g/mol. The van der Waals surface area contributed by atoms with Gasteiger partial charge in [0.05, 0.1) is 18.8 Å². The molecule has 0 aromatic heterocycles. The highest BCUT2D eigenvalue weighted by Crippen LogP contribution is 2.22. The minimum atomic E-state index is -1.16. The molecule has 1 saturated heterocycles.